The largest absolute Gasteiger partial charge is 0.455 e. The molecule has 0 aliphatic heterocycles. The normalized spacial score (nSPS) is 11.1. The van der Waals surface area contributed by atoms with Gasteiger partial charge in [-0.15, -0.1) is 0 Å². The molecule has 0 spiro atoms. The van der Waals surface area contributed by atoms with Crippen LogP contribution < -0.4 is 11.2 Å². The van der Waals surface area contributed by atoms with Crippen molar-refractivity contribution in [2.45, 2.75) is 6.92 Å². The van der Waals surface area contributed by atoms with Crippen LogP contribution in [0, 0.1) is 6.92 Å². The van der Waals surface area contributed by atoms with Crippen LogP contribution in [0.3, 0.4) is 0 Å². The molecule has 1 heterocycles. The van der Waals surface area contributed by atoms with Crippen molar-refractivity contribution in [1.82, 2.24) is 0 Å². The Bertz CT molecular complexity index is 787. The van der Waals surface area contributed by atoms with Gasteiger partial charge in [0.05, 0.1) is 10.8 Å². The van der Waals surface area contributed by atoms with Gasteiger partial charge in [0, 0.05) is 5.69 Å². The van der Waals surface area contributed by atoms with Gasteiger partial charge < -0.3 is 10.2 Å². The van der Waals surface area contributed by atoms with Crippen molar-refractivity contribution in [3.63, 3.8) is 0 Å². The molecular formula is C14H11NO2. The number of fused-ring (bicyclic) bond motifs is 2. The van der Waals surface area contributed by atoms with Gasteiger partial charge in [0.25, 0.3) is 0 Å². The highest BCUT2D eigenvalue weighted by Crippen LogP contribution is 2.25. The molecule has 84 valence electrons. The highest BCUT2D eigenvalue weighted by Gasteiger charge is 2.11. The minimum absolute atomic E-state index is 0.0666. The molecule has 0 atom stereocenters. The number of nitrogen functional groups attached to an aromatic ring is 1. The molecule has 0 bridgehead atoms. The lowest BCUT2D eigenvalue weighted by atomic mass is 10.1. The fourth-order valence-electron chi connectivity index (χ4n) is 2.06. The van der Waals surface area contributed by atoms with Crippen molar-refractivity contribution in [2.24, 2.45) is 0 Å². The van der Waals surface area contributed by atoms with Crippen LogP contribution in [0.1, 0.15) is 5.56 Å². The van der Waals surface area contributed by atoms with E-state index in [-0.39, 0.29) is 5.43 Å². The molecule has 2 aromatic carbocycles. The minimum atomic E-state index is -0.0666. The van der Waals surface area contributed by atoms with Gasteiger partial charge in [-0.05, 0) is 30.7 Å². The van der Waals surface area contributed by atoms with Crippen LogP contribution in [0.4, 0.5) is 5.69 Å². The first-order valence-corrected chi connectivity index (χ1v) is 5.39. The molecule has 17 heavy (non-hydrogen) atoms. The number of hydrogen-bond donors (Lipinski definition) is 1. The first kappa shape index (κ1) is 9.90. The summed E-state index contributed by atoms with van der Waals surface area (Å²) in [6, 6.07) is 10.8. The SMILES string of the molecule is Cc1ccc(N)c2c(=O)c3ccccc3oc12. The molecule has 0 saturated carbocycles. The van der Waals surface area contributed by atoms with Gasteiger partial charge in [-0.2, -0.15) is 0 Å². The molecule has 0 unspecified atom stereocenters. The molecule has 3 heteroatoms. The summed E-state index contributed by atoms with van der Waals surface area (Å²) in [4.78, 5) is 12.3. The summed E-state index contributed by atoms with van der Waals surface area (Å²) in [6.07, 6.45) is 0. The van der Waals surface area contributed by atoms with Crippen molar-refractivity contribution in [2.75, 3.05) is 5.73 Å². The third kappa shape index (κ3) is 1.32. The molecule has 0 radical (unpaired) electrons. The number of para-hydroxylation sites is 1. The molecule has 0 amide bonds. The summed E-state index contributed by atoms with van der Waals surface area (Å²) in [5.74, 6) is 0. The van der Waals surface area contributed by atoms with E-state index in [9.17, 15) is 4.79 Å². The molecule has 0 aliphatic carbocycles. The van der Waals surface area contributed by atoms with Gasteiger partial charge in [0.2, 0.25) is 5.43 Å². The average molecular weight is 225 g/mol. The number of benzene rings is 2. The number of rotatable bonds is 0. The van der Waals surface area contributed by atoms with E-state index in [1.165, 1.54) is 0 Å². The fraction of sp³-hybridized carbons (Fsp3) is 0.0714. The predicted molar refractivity (Wildman–Crippen MR) is 69.1 cm³/mol. The van der Waals surface area contributed by atoms with Gasteiger partial charge in [-0.25, -0.2) is 0 Å². The molecule has 3 aromatic rings. The Morgan fingerprint density at radius 1 is 1.12 bits per heavy atom. The van der Waals surface area contributed by atoms with Crippen LogP contribution in [0.25, 0.3) is 21.9 Å². The first-order valence-electron chi connectivity index (χ1n) is 5.39. The Morgan fingerprint density at radius 2 is 1.88 bits per heavy atom. The van der Waals surface area contributed by atoms with E-state index < -0.39 is 0 Å². The fourth-order valence-corrected chi connectivity index (χ4v) is 2.06. The second-order valence-electron chi connectivity index (χ2n) is 4.10. The number of anilines is 1. The van der Waals surface area contributed by atoms with Crippen LogP contribution in [-0.2, 0) is 0 Å². The van der Waals surface area contributed by atoms with Crippen LogP contribution in [0.2, 0.25) is 0 Å². The van der Waals surface area contributed by atoms with Gasteiger partial charge in [0.15, 0.2) is 0 Å². The standard InChI is InChI=1S/C14H11NO2/c1-8-6-7-10(15)12-13(16)9-4-2-3-5-11(9)17-14(8)12/h2-7H,15H2,1H3. The number of hydrogen-bond acceptors (Lipinski definition) is 3. The second-order valence-corrected chi connectivity index (χ2v) is 4.10. The van der Waals surface area contributed by atoms with Gasteiger partial charge >= 0.3 is 0 Å². The topological polar surface area (TPSA) is 56.2 Å². The van der Waals surface area contributed by atoms with E-state index in [1.54, 1.807) is 18.2 Å². The van der Waals surface area contributed by atoms with E-state index in [4.69, 9.17) is 10.2 Å². The molecule has 0 saturated heterocycles. The van der Waals surface area contributed by atoms with E-state index in [0.29, 0.717) is 27.6 Å². The Kier molecular flexibility index (Phi) is 1.95. The van der Waals surface area contributed by atoms with Crippen LogP contribution in [0.15, 0.2) is 45.6 Å². The monoisotopic (exact) mass is 225 g/mol. The van der Waals surface area contributed by atoms with Gasteiger partial charge in [0.1, 0.15) is 11.2 Å². The summed E-state index contributed by atoms with van der Waals surface area (Å²) in [6.45, 7) is 1.90. The highest BCUT2D eigenvalue weighted by atomic mass is 16.3. The minimum Gasteiger partial charge on any atom is -0.455 e. The maximum atomic E-state index is 12.3. The van der Waals surface area contributed by atoms with Crippen LogP contribution >= 0.6 is 0 Å². The zero-order chi connectivity index (χ0) is 12.0. The lowest BCUT2D eigenvalue weighted by molar-refractivity contribution is 0.657. The van der Waals surface area contributed by atoms with E-state index in [2.05, 4.69) is 0 Å². The van der Waals surface area contributed by atoms with Crippen LogP contribution in [0.5, 0.6) is 0 Å². The van der Waals surface area contributed by atoms with Gasteiger partial charge in [-0.3, -0.25) is 4.79 Å². The molecule has 2 N–H and O–H groups in total. The zero-order valence-electron chi connectivity index (χ0n) is 9.36. The molecule has 0 fully saturated rings. The Morgan fingerprint density at radius 3 is 2.71 bits per heavy atom. The van der Waals surface area contributed by atoms with Crippen molar-refractivity contribution in [3.05, 3.63) is 52.2 Å². The summed E-state index contributed by atoms with van der Waals surface area (Å²) in [7, 11) is 0. The van der Waals surface area contributed by atoms with Crippen molar-refractivity contribution < 1.29 is 4.42 Å². The maximum absolute atomic E-state index is 12.3. The summed E-state index contributed by atoms with van der Waals surface area (Å²) < 4.78 is 5.76. The Hall–Kier alpha value is -2.29. The third-order valence-corrected chi connectivity index (χ3v) is 2.96. The van der Waals surface area contributed by atoms with Crippen molar-refractivity contribution >= 4 is 27.6 Å². The van der Waals surface area contributed by atoms with Crippen molar-refractivity contribution in [3.8, 4) is 0 Å². The number of aryl methyl sites for hydroxylation is 1. The third-order valence-electron chi connectivity index (χ3n) is 2.96. The lowest BCUT2D eigenvalue weighted by Gasteiger charge is -2.05. The number of nitrogens with two attached hydrogens (primary N) is 1. The molecular weight excluding hydrogens is 214 g/mol. The zero-order valence-corrected chi connectivity index (χ0v) is 9.36. The molecule has 3 rings (SSSR count). The maximum Gasteiger partial charge on any atom is 0.202 e. The molecule has 1 aromatic heterocycles. The van der Waals surface area contributed by atoms with E-state index in [1.807, 2.05) is 25.1 Å². The first-order chi connectivity index (χ1) is 8.18. The predicted octanol–water partition coefficient (Wildman–Crippen LogP) is 2.84. The highest BCUT2D eigenvalue weighted by molar-refractivity contribution is 5.97. The smallest absolute Gasteiger partial charge is 0.202 e. The average Bonchev–Trinajstić information content (AvgIpc) is 2.34. The van der Waals surface area contributed by atoms with E-state index in [0.717, 1.165) is 5.56 Å². The summed E-state index contributed by atoms with van der Waals surface area (Å²) >= 11 is 0. The summed E-state index contributed by atoms with van der Waals surface area (Å²) in [5.41, 5.74) is 8.34. The van der Waals surface area contributed by atoms with E-state index >= 15 is 0 Å². The van der Waals surface area contributed by atoms with Crippen LogP contribution in [-0.4, -0.2) is 0 Å². The van der Waals surface area contributed by atoms with Crippen molar-refractivity contribution in [1.29, 1.82) is 0 Å². The quantitative estimate of drug-likeness (QED) is 0.472. The Labute approximate surface area is 97.5 Å². The molecule has 0 aliphatic rings. The Balaban J connectivity index is 2.69. The summed E-state index contributed by atoms with van der Waals surface area (Å²) in [5, 5.41) is 1.04. The second kappa shape index (κ2) is 3.35. The van der Waals surface area contributed by atoms with Gasteiger partial charge in [-0.1, -0.05) is 18.2 Å². The molecule has 3 nitrogen and oxygen atoms in total. The lowest BCUT2D eigenvalue weighted by Crippen LogP contribution is -2.05.